The lowest BCUT2D eigenvalue weighted by Gasteiger charge is -2.15. The highest BCUT2D eigenvalue weighted by Gasteiger charge is 2.13. The molecule has 2 heteroatoms. The molecule has 0 bridgehead atoms. The van der Waals surface area contributed by atoms with Crippen molar-refractivity contribution in [3.63, 3.8) is 0 Å². The van der Waals surface area contributed by atoms with Crippen molar-refractivity contribution in [1.82, 2.24) is 0 Å². The number of hydrogen-bond donors (Lipinski definition) is 1. The average Bonchev–Trinajstić information content (AvgIpc) is 2.76. The van der Waals surface area contributed by atoms with Crippen molar-refractivity contribution in [3.8, 4) is 6.07 Å². The van der Waals surface area contributed by atoms with E-state index in [9.17, 15) is 0 Å². The highest BCUT2D eigenvalue weighted by atomic mass is 14.9. The lowest BCUT2D eigenvalue weighted by molar-refractivity contribution is 0.496. The maximum absolute atomic E-state index is 9.04. The molecule has 1 aliphatic carbocycles. The van der Waals surface area contributed by atoms with Crippen LogP contribution in [-0.4, -0.2) is 6.54 Å². The molecule has 0 heterocycles. The predicted octanol–water partition coefficient (Wildman–Crippen LogP) is 3.38. The summed E-state index contributed by atoms with van der Waals surface area (Å²) in [6, 6.07) is 8.97. The molecule has 1 N–H and O–H groups in total. The third-order valence-electron chi connectivity index (χ3n) is 3.60. The summed E-state index contributed by atoms with van der Waals surface area (Å²) in [5.41, 5.74) is 4.14. The Balaban J connectivity index is 1.98. The lowest BCUT2D eigenvalue weighted by Crippen LogP contribution is -2.17. The topological polar surface area (TPSA) is 35.8 Å². The molecule has 0 saturated carbocycles. The Hall–Kier alpha value is -1.49. The van der Waals surface area contributed by atoms with Crippen LogP contribution in [0.1, 0.15) is 31.4 Å². The molecule has 1 aromatic carbocycles. The molecule has 0 spiro atoms. The first-order valence-corrected chi connectivity index (χ1v) is 6.46. The molecule has 1 aliphatic rings. The number of nitriles is 1. The molecule has 2 rings (SSSR count). The van der Waals surface area contributed by atoms with E-state index < -0.39 is 0 Å². The van der Waals surface area contributed by atoms with E-state index in [4.69, 9.17) is 5.26 Å². The summed E-state index contributed by atoms with van der Waals surface area (Å²) in [5.74, 6) is 0.491. The first kappa shape index (κ1) is 12.0. The Kier molecular flexibility index (Phi) is 3.68. The number of nitrogens with zero attached hydrogens (tertiary/aromatic N) is 1. The van der Waals surface area contributed by atoms with Crippen LogP contribution in [0.4, 0.5) is 5.69 Å². The van der Waals surface area contributed by atoms with Gasteiger partial charge in [-0.15, -0.1) is 0 Å². The van der Waals surface area contributed by atoms with Crippen LogP contribution in [0, 0.1) is 23.2 Å². The third-order valence-corrected chi connectivity index (χ3v) is 3.60. The molecule has 1 aromatic rings. The van der Waals surface area contributed by atoms with E-state index in [-0.39, 0.29) is 5.92 Å². The van der Waals surface area contributed by atoms with Crippen molar-refractivity contribution in [3.05, 3.63) is 29.3 Å². The minimum Gasteiger partial charge on any atom is -0.384 e. The molecule has 1 atom stereocenters. The normalized spacial score (nSPS) is 15.4. The smallest absolute Gasteiger partial charge is 0.0677 e. The highest BCUT2D eigenvalue weighted by Crippen LogP contribution is 2.25. The standard InChI is InChI=1S/C15H20N2/c1-11(2)14(9-16)10-17-15-7-6-12-4-3-5-13(12)8-15/h6-8,11,14,17H,3-5,10H2,1-2H3. The lowest BCUT2D eigenvalue weighted by atomic mass is 9.97. The van der Waals surface area contributed by atoms with Gasteiger partial charge in [0, 0.05) is 12.2 Å². The van der Waals surface area contributed by atoms with E-state index in [1.807, 2.05) is 0 Å². The largest absolute Gasteiger partial charge is 0.384 e. The van der Waals surface area contributed by atoms with Gasteiger partial charge in [-0.05, 0) is 48.4 Å². The molecule has 0 saturated heterocycles. The second kappa shape index (κ2) is 5.23. The zero-order chi connectivity index (χ0) is 12.3. The summed E-state index contributed by atoms with van der Waals surface area (Å²) in [5, 5.41) is 12.4. The second-order valence-electron chi connectivity index (χ2n) is 5.20. The Morgan fingerprint density at radius 2 is 2.06 bits per heavy atom. The number of aryl methyl sites for hydroxylation is 2. The van der Waals surface area contributed by atoms with Crippen LogP contribution in [-0.2, 0) is 12.8 Å². The van der Waals surface area contributed by atoms with Gasteiger partial charge in [0.2, 0.25) is 0 Å². The van der Waals surface area contributed by atoms with Crippen LogP contribution in [0.2, 0.25) is 0 Å². The van der Waals surface area contributed by atoms with Crippen molar-refractivity contribution < 1.29 is 0 Å². The Morgan fingerprint density at radius 3 is 2.76 bits per heavy atom. The fraction of sp³-hybridized carbons (Fsp3) is 0.533. The minimum absolute atomic E-state index is 0.0863. The van der Waals surface area contributed by atoms with Gasteiger partial charge < -0.3 is 5.32 Å². The Morgan fingerprint density at radius 1 is 1.29 bits per heavy atom. The van der Waals surface area contributed by atoms with Crippen LogP contribution < -0.4 is 5.32 Å². The molecule has 0 amide bonds. The SMILES string of the molecule is CC(C)C(C#N)CNc1ccc2c(c1)CCC2. The van der Waals surface area contributed by atoms with E-state index in [2.05, 4.69) is 43.4 Å². The molecule has 0 aliphatic heterocycles. The number of rotatable bonds is 4. The number of fused-ring (bicyclic) bond motifs is 1. The second-order valence-corrected chi connectivity index (χ2v) is 5.20. The summed E-state index contributed by atoms with van der Waals surface area (Å²) in [7, 11) is 0. The molecule has 0 aromatic heterocycles. The maximum Gasteiger partial charge on any atom is 0.0677 e. The van der Waals surface area contributed by atoms with E-state index >= 15 is 0 Å². The van der Waals surface area contributed by atoms with E-state index in [0.29, 0.717) is 5.92 Å². The summed E-state index contributed by atoms with van der Waals surface area (Å²) < 4.78 is 0. The van der Waals surface area contributed by atoms with Gasteiger partial charge >= 0.3 is 0 Å². The first-order chi connectivity index (χ1) is 8.20. The molecule has 2 nitrogen and oxygen atoms in total. The number of benzene rings is 1. The third kappa shape index (κ3) is 2.79. The van der Waals surface area contributed by atoms with Gasteiger partial charge in [0.15, 0.2) is 0 Å². The zero-order valence-electron chi connectivity index (χ0n) is 10.7. The summed E-state index contributed by atoms with van der Waals surface area (Å²) in [6.07, 6.45) is 3.71. The zero-order valence-corrected chi connectivity index (χ0v) is 10.7. The molecule has 0 radical (unpaired) electrons. The molecule has 17 heavy (non-hydrogen) atoms. The molecule has 90 valence electrons. The summed E-state index contributed by atoms with van der Waals surface area (Å²) in [6.45, 7) is 4.93. The molecular formula is C15H20N2. The minimum atomic E-state index is 0.0863. The van der Waals surface area contributed by atoms with Gasteiger partial charge in [0.1, 0.15) is 0 Å². The van der Waals surface area contributed by atoms with Gasteiger partial charge in [0.05, 0.1) is 12.0 Å². The number of anilines is 1. The quantitative estimate of drug-likeness (QED) is 0.857. The molecule has 1 unspecified atom stereocenters. The first-order valence-electron chi connectivity index (χ1n) is 6.46. The van der Waals surface area contributed by atoms with E-state index in [1.54, 1.807) is 0 Å². The van der Waals surface area contributed by atoms with Crippen molar-refractivity contribution >= 4 is 5.69 Å². The van der Waals surface area contributed by atoms with Gasteiger partial charge in [-0.2, -0.15) is 5.26 Å². The number of nitrogens with one attached hydrogen (secondary N) is 1. The monoisotopic (exact) mass is 228 g/mol. The van der Waals surface area contributed by atoms with Crippen molar-refractivity contribution in [2.24, 2.45) is 11.8 Å². The Labute approximate surface area is 104 Å². The fourth-order valence-corrected chi connectivity index (χ4v) is 2.34. The number of hydrogen-bond acceptors (Lipinski definition) is 2. The van der Waals surface area contributed by atoms with Gasteiger partial charge in [-0.3, -0.25) is 0 Å². The van der Waals surface area contributed by atoms with Crippen molar-refractivity contribution in [2.75, 3.05) is 11.9 Å². The average molecular weight is 228 g/mol. The molecular weight excluding hydrogens is 208 g/mol. The predicted molar refractivity (Wildman–Crippen MR) is 70.9 cm³/mol. The molecule has 0 fully saturated rings. The fourth-order valence-electron chi connectivity index (χ4n) is 2.34. The van der Waals surface area contributed by atoms with Crippen LogP contribution in [0.15, 0.2) is 18.2 Å². The van der Waals surface area contributed by atoms with E-state index in [1.165, 1.54) is 30.4 Å². The van der Waals surface area contributed by atoms with Gasteiger partial charge in [0.25, 0.3) is 0 Å². The van der Waals surface area contributed by atoms with Crippen LogP contribution in [0.5, 0.6) is 0 Å². The summed E-state index contributed by atoms with van der Waals surface area (Å²) in [4.78, 5) is 0. The highest BCUT2D eigenvalue weighted by molar-refractivity contribution is 5.50. The van der Waals surface area contributed by atoms with Gasteiger partial charge in [-0.1, -0.05) is 19.9 Å². The van der Waals surface area contributed by atoms with E-state index in [0.717, 1.165) is 12.2 Å². The van der Waals surface area contributed by atoms with Crippen molar-refractivity contribution in [1.29, 1.82) is 5.26 Å². The van der Waals surface area contributed by atoms with Crippen LogP contribution >= 0.6 is 0 Å². The van der Waals surface area contributed by atoms with Crippen LogP contribution in [0.25, 0.3) is 0 Å². The summed E-state index contributed by atoms with van der Waals surface area (Å²) >= 11 is 0. The van der Waals surface area contributed by atoms with Crippen molar-refractivity contribution in [2.45, 2.75) is 33.1 Å². The van der Waals surface area contributed by atoms with Crippen LogP contribution in [0.3, 0.4) is 0 Å². The Bertz CT molecular complexity index is 429. The maximum atomic E-state index is 9.04. The van der Waals surface area contributed by atoms with Gasteiger partial charge in [-0.25, -0.2) is 0 Å².